The molecule has 3 rings (SSSR count). The Balaban J connectivity index is 2.02. The summed E-state index contributed by atoms with van der Waals surface area (Å²) in [6.45, 7) is 0. The highest BCUT2D eigenvalue weighted by atomic mass is 35.5. The molecule has 0 saturated carbocycles. The van der Waals surface area contributed by atoms with Gasteiger partial charge in [-0.2, -0.15) is 0 Å². The topological polar surface area (TPSA) is 12.0 Å². The Labute approximate surface area is 133 Å². The number of fused-ring (bicyclic) bond motifs is 1. The third-order valence-corrected chi connectivity index (χ3v) is 5.81. The zero-order valence-corrected chi connectivity index (χ0v) is 13.4. The molecule has 0 spiro atoms. The molecule has 4 heteroatoms. The lowest BCUT2D eigenvalue weighted by atomic mass is 9.88. The van der Waals surface area contributed by atoms with E-state index in [1.54, 1.807) is 0 Å². The van der Waals surface area contributed by atoms with E-state index >= 15 is 0 Å². The van der Waals surface area contributed by atoms with E-state index in [4.69, 9.17) is 23.2 Å². The molecule has 0 fully saturated rings. The van der Waals surface area contributed by atoms with Crippen LogP contribution in [0, 0.1) is 0 Å². The minimum Gasteiger partial charge on any atom is -0.312 e. The first kappa shape index (κ1) is 14.3. The molecule has 0 saturated heterocycles. The number of hydrogen-bond acceptors (Lipinski definition) is 2. The zero-order chi connectivity index (χ0) is 14.1. The van der Waals surface area contributed by atoms with E-state index in [1.807, 2.05) is 30.9 Å². The van der Waals surface area contributed by atoms with E-state index in [2.05, 4.69) is 35.6 Å². The van der Waals surface area contributed by atoms with Gasteiger partial charge in [0.2, 0.25) is 0 Å². The maximum Gasteiger partial charge on any atom is 0.0640 e. The molecular formula is C16H15Cl2NS. The van der Waals surface area contributed by atoms with E-state index in [-0.39, 0.29) is 6.04 Å². The van der Waals surface area contributed by atoms with Crippen LogP contribution in [0.2, 0.25) is 10.0 Å². The number of rotatable bonds is 3. The molecule has 1 heterocycles. The highest BCUT2D eigenvalue weighted by molar-refractivity contribution is 7.99. The average Bonchev–Trinajstić information content (AvgIpc) is 2.88. The van der Waals surface area contributed by atoms with Crippen LogP contribution < -0.4 is 5.32 Å². The van der Waals surface area contributed by atoms with Crippen molar-refractivity contribution >= 4 is 35.0 Å². The van der Waals surface area contributed by atoms with Gasteiger partial charge >= 0.3 is 0 Å². The SMILES string of the molecule is CNC(c1cccc(Cl)c1Cl)C1CSc2ccccc21. The Kier molecular flexibility index (Phi) is 4.27. The zero-order valence-electron chi connectivity index (χ0n) is 11.1. The van der Waals surface area contributed by atoms with Gasteiger partial charge in [0, 0.05) is 22.6 Å². The fourth-order valence-electron chi connectivity index (χ4n) is 2.80. The molecule has 0 amide bonds. The van der Waals surface area contributed by atoms with E-state index in [1.165, 1.54) is 10.5 Å². The van der Waals surface area contributed by atoms with Gasteiger partial charge in [-0.15, -0.1) is 11.8 Å². The minimum atomic E-state index is 0.178. The standard InChI is InChI=1S/C16H15Cl2NS/c1-19-16(11-6-4-7-13(17)15(11)18)12-9-20-14-8-3-2-5-10(12)14/h2-8,12,16,19H,9H2,1H3. The lowest BCUT2D eigenvalue weighted by Gasteiger charge is -2.25. The summed E-state index contributed by atoms with van der Waals surface area (Å²) in [6.07, 6.45) is 0. The maximum atomic E-state index is 6.39. The van der Waals surface area contributed by atoms with Gasteiger partial charge in [-0.3, -0.25) is 0 Å². The second kappa shape index (κ2) is 5.98. The van der Waals surface area contributed by atoms with Crippen molar-refractivity contribution in [2.24, 2.45) is 0 Å². The van der Waals surface area contributed by atoms with Gasteiger partial charge < -0.3 is 5.32 Å². The van der Waals surface area contributed by atoms with E-state index < -0.39 is 0 Å². The Bertz CT molecular complexity index is 630. The Morgan fingerprint density at radius 1 is 1.15 bits per heavy atom. The molecule has 1 nitrogen and oxygen atoms in total. The van der Waals surface area contributed by atoms with Crippen LogP contribution in [-0.2, 0) is 0 Å². The average molecular weight is 324 g/mol. The summed E-state index contributed by atoms with van der Waals surface area (Å²) in [5, 5.41) is 4.68. The van der Waals surface area contributed by atoms with Gasteiger partial charge in [0.15, 0.2) is 0 Å². The molecule has 2 aromatic rings. The van der Waals surface area contributed by atoms with Crippen molar-refractivity contribution in [3.05, 3.63) is 63.6 Å². The largest absolute Gasteiger partial charge is 0.312 e. The number of hydrogen-bond donors (Lipinski definition) is 1. The van der Waals surface area contributed by atoms with Gasteiger partial charge in [0.05, 0.1) is 10.0 Å². The first-order valence-electron chi connectivity index (χ1n) is 6.55. The Morgan fingerprint density at radius 2 is 1.95 bits per heavy atom. The molecule has 1 aliphatic rings. The van der Waals surface area contributed by atoms with Crippen LogP contribution >= 0.6 is 35.0 Å². The number of benzene rings is 2. The normalized spacial score (nSPS) is 18.9. The number of thioether (sulfide) groups is 1. The summed E-state index contributed by atoms with van der Waals surface area (Å²) in [7, 11) is 1.98. The number of likely N-dealkylation sites (N-methyl/N-ethyl adjacent to an activating group) is 1. The van der Waals surface area contributed by atoms with E-state index in [0.29, 0.717) is 16.0 Å². The van der Waals surface area contributed by atoms with Crippen LogP contribution in [0.4, 0.5) is 0 Å². The number of halogens is 2. The van der Waals surface area contributed by atoms with Crippen molar-refractivity contribution in [3.63, 3.8) is 0 Å². The third-order valence-electron chi connectivity index (χ3n) is 3.77. The van der Waals surface area contributed by atoms with Crippen molar-refractivity contribution in [1.29, 1.82) is 0 Å². The van der Waals surface area contributed by atoms with Crippen molar-refractivity contribution in [2.45, 2.75) is 16.9 Å². The summed E-state index contributed by atoms with van der Waals surface area (Å²) < 4.78 is 0. The smallest absolute Gasteiger partial charge is 0.0640 e. The van der Waals surface area contributed by atoms with Crippen molar-refractivity contribution < 1.29 is 0 Å². The van der Waals surface area contributed by atoms with E-state index in [0.717, 1.165) is 11.3 Å². The second-order valence-electron chi connectivity index (χ2n) is 4.86. The van der Waals surface area contributed by atoms with Crippen molar-refractivity contribution in [1.82, 2.24) is 5.32 Å². The predicted octanol–water partition coefficient (Wildman–Crippen LogP) is 5.14. The first-order chi connectivity index (χ1) is 9.72. The third kappa shape index (κ3) is 2.46. The molecule has 104 valence electrons. The molecule has 0 bridgehead atoms. The summed E-state index contributed by atoms with van der Waals surface area (Å²) >= 11 is 14.5. The molecule has 0 aliphatic carbocycles. The summed E-state index contributed by atoms with van der Waals surface area (Å²) in [5.74, 6) is 1.48. The van der Waals surface area contributed by atoms with Gasteiger partial charge in [-0.1, -0.05) is 53.5 Å². The molecule has 2 atom stereocenters. The van der Waals surface area contributed by atoms with Crippen LogP contribution in [0.3, 0.4) is 0 Å². The van der Waals surface area contributed by atoms with E-state index in [9.17, 15) is 0 Å². The van der Waals surface area contributed by atoms with Gasteiger partial charge in [0.25, 0.3) is 0 Å². The first-order valence-corrected chi connectivity index (χ1v) is 8.29. The lowest BCUT2D eigenvalue weighted by Crippen LogP contribution is -2.24. The molecule has 2 aromatic carbocycles. The van der Waals surface area contributed by atoms with Crippen LogP contribution in [0.15, 0.2) is 47.4 Å². The van der Waals surface area contributed by atoms with Crippen LogP contribution in [0.1, 0.15) is 23.1 Å². The summed E-state index contributed by atoms with van der Waals surface area (Å²) in [6, 6.07) is 14.6. The van der Waals surface area contributed by atoms with Crippen molar-refractivity contribution in [2.75, 3.05) is 12.8 Å². The van der Waals surface area contributed by atoms with Gasteiger partial charge in [0.1, 0.15) is 0 Å². The molecule has 2 unspecified atom stereocenters. The molecule has 0 aromatic heterocycles. The van der Waals surface area contributed by atoms with Crippen molar-refractivity contribution in [3.8, 4) is 0 Å². The molecule has 20 heavy (non-hydrogen) atoms. The molecular weight excluding hydrogens is 309 g/mol. The maximum absolute atomic E-state index is 6.39. The fraction of sp³-hybridized carbons (Fsp3) is 0.250. The highest BCUT2D eigenvalue weighted by Gasteiger charge is 2.31. The Hall–Kier alpha value is -0.670. The van der Waals surface area contributed by atoms with Crippen LogP contribution in [0.5, 0.6) is 0 Å². The minimum absolute atomic E-state index is 0.178. The monoisotopic (exact) mass is 323 g/mol. The molecule has 1 aliphatic heterocycles. The van der Waals surface area contributed by atoms with Gasteiger partial charge in [-0.05, 0) is 30.3 Å². The van der Waals surface area contributed by atoms with Crippen LogP contribution in [-0.4, -0.2) is 12.8 Å². The molecule has 0 radical (unpaired) electrons. The van der Waals surface area contributed by atoms with Gasteiger partial charge in [-0.25, -0.2) is 0 Å². The van der Waals surface area contributed by atoms with Crippen LogP contribution in [0.25, 0.3) is 0 Å². The fourth-order valence-corrected chi connectivity index (χ4v) is 4.51. The lowest BCUT2D eigenvalue weighted by molar-refractivity contribution is 0.515. The predicted molar refractivity (Wildman–Crippen MR) is 88.2 cm³/mol. The summed E-state index contributed by atoms with van der Waals surface area (Å²) in [5.41, 5.74) is 2.47. The summed E-state index contributed by atoms with van der Waals surface area (Å²) in [4.78, 5) is 1.37. The number of nitrogens with one attached hydrogen (secondary N) is 1. The highest BCUT2D eigenvalue weighted by Crippen LogP contribution is 2.47. The second-order valence-corrected chi connectivity index (χ2v) is 6.71. The molecule has 1 N–H and O–H groups in total. The quantitative estimate of drug-likeness (QED) is 0.838. The Morgan fingerprint density at radius 3 is 2.75 bits per heavy atom.